The number of aromatic amines is 1. The van der Waals surface area contributed by atoms with Crippen molar-refractivity contribution < 1.29 is 4.79 Å². The Morgan fingerprint density at radius 2 is 1.86 bits per heavy atom. The lowest BCUT2D eigenvalue weighted by Gasteiger charge is -2.32. The van der Waals surface area contributed by atoms with Gasteiger partial charge in [0.15, 0.2) is 5.82 Å². The molecule has 3 heterocycles. The Bertz CT molecular complexity index is 1160. The zero-order chi connectivity index (χ0) is 19.8. The second kappa shape index (κ2) is 7.20. The lowest BCUT2D eigenvalue weighted by atomic mass is 10.1. The molecule has 146 valence electrons. The molecule has 0 unspecified atom stereocenters. The molecule has 2 aromatic carbocycles. The number of aromatic nitrogens is 4. The van der Waals surface area contributed by atoms with Crippen molar-refractivity contribution in [2.75, 3.05) is 6.54 Å². The number of aryl methyl sites for hydroxylation is 2. The van der Waals surface area contributed by atoms with E-state index in [2.05, 4.69) is 50.9 Å². The number of hydrogen-bond acceptors (Lipinski definition) is 3. The molecule has 0 bridgehead atoms. The standard InChI is InChI=1S/C23H23N5O/c1-16-14-27(23(29)19-13-24-20-10-6-5-9-18(19)20)15-22-26-25-21(28(16)22)12-11-17-7-3-2-4-8-17/h2-10,13,16,24H,11-12,14-15H2,1H3/t16-/m0/s1. The second-order valence-corrected chi connectivity index (χ2v) is 7.67. The molecule has 29 heavy (non-hydrogen) atoms. The summed E-state index contributed by atoms with van der Waals surface area (Å²) in [5.41, 5.74) is 2.99. The molecule has 5 rings (SSSR count). The summed E-state index contributed by atoms with van der Waals surface area (Å²) in [6.45, 7) is 3.27. The maximum absolute atomic E-state index is 13.2. The maximum Gasteiger partial charge on any atom is 0.256 e. The SMILES string of the molecule is C[C@H]1CN(C(=O)c2c[nH]c3ccccc23)Cc2nnc(CCc3ccccc3)n21. The van der Waals surface area contributed by atoms with E-state index in [0.717, 1.165) is 35.4 Å². The van der Waals surface area contributed by atoms with Crippen LogP contribution in [-0.4, -0.2) is 37.1 Å². The van der Waals surface area contributed by atoms with E-state index in [9.17, 15) is 4.79 Å². The van der Waals surface area contributed by atoms with E-state index in [4.69, 9.17) is 0 Å². The van der Waals surface area contributed by atoms with Gasteiger partial charge in [0.1, 0.15) is 5.82 Å². The first kappa shape index (κ1) is 17.7. The van der Waals surface area contributed by atoms with Gasteiger partial charge in [-0.1, -0.05) is 48.5 Å². The zero-order valence-corrected chi connectivity index (χ0v) is 16.4. The van der Waals surface area contributed by atoms with Crippen LogP contribution in [0.3, 0.4) is 0 Å². The molecular formula is C23H23N5O. The predicted molar refractivity (Wildman–Crippen MR) is 112 cm³/mol. The molecular weight excluding hydrogens is 362 g/mol. The van der Waals surface area contributed by atoms with Crippen molar-refractivity contribution in [1.82, 2.24) is 24.6 Å². The van der Waals surface area contributed by atoms with Gasteiger partial charge in [-0.3, -0.25) is 4.79 Å². The Balaban J connectivity index is 1.36. The number of nitrogens with one attached hydrogen (secondary N) is 1. The van der Waals surface area contributed by atoms with Crippen LogP contribution in [0.5, 0.6) is 0 Å². The smallest absolute Gasteiger partial charge is 0.256 e. The molecule has 6 nitrogen and oxygen atoms in total. The molecule has 1 aliphatic rings. The minimum atomic E-state index is 0.0365. The van der Waals surface area contributed by atoms with Crippen molar-refractivity contribution in [2.45, 2.75) is 32.4 Å². The number of fused-ring (bicyclic) bond motifs is 2. The number of benzene rings is 2. The summed E-state index contributed by atoms with van der Waals surface area (Å²) in [5.74, 6) is 1.89. The molecule has 1 N–H and O–H groups in total. The molecule has 0 saturated heterocycles. The number of H-pyrrole nitrogens is 1. The highest BCUT2D eigenvalue weighted by atomic mass is 16.2. The molecule has 0 radical (unpaired) electrons. The summed E-state index contributed by atoms with van der Waals surface area (Å²) in [7, 11) is 0. The van der Waals surface area contributed by atoms with Gasteiger partial charge in [-0.05, 0) is 25.0 Å². The summed E-state index contributed by atoms with van der Waals surface area (Å²) in [6, 6.07) is 18.5. The van der Waals surface area contributed by atoms with Crippen LogP contribution in [0.2, 0.25) is 0 Å². The van der Waals surface area contributed by atoms with Crippen LogP contribution in [0.15, 0.2) is 60.8 Å². The molecule has 0 aliphatic carbocycles. The molecule has 1 amide bonds. The van der Waals surface area contributed by atoms with Gasteiger partial charge in [-0.25, -0.2) is 0 Å². The van der Waals surface area contributed by atoms with E-state index in [1.807, 2.05) is 41.4 Å². The van der Waals surface area contributed by atoms with Crippen LogP contribution >= 0.6 is 0 Å². The molecule has 1 atom stereocenters. The monoisotopic (exact) mass is 385 g/mol. The van der Waals surface area contributed by atoms with Crippen molar-refractivity contribution in [2.24, 2.45) is 0 Å². The number of rotatable bonds is 4. The summed E-state index contributed by atoms with van der Waals surface area (Å²) in [5, 5.41) is 9.80. The highest BCUT2D eigenvalue weighted by molar-refractivity contribution is 6.06. The quantitative estimate of drug-likeness (QED) is 0.582. The normalized spacial score (nSPS) is 16.2. The predicted octanol–water partition coefficient (Wildman–Crippen LogP) is 3.76. The minimum Gasteiger partial charge on any atom is -0.360 e. The second-order valence-electron chi connectivity index (χ2n) is 7.67. The van der Waals surface area contributed by atoms with Gasteiger partial charge in [0.2, 0.25) is 0 Å². The van der Waals surface area contributed by atoms with Gasteiger partial charge in [0, 0.05) is 30.1 Å². The Kier molecular flexibility index (Phi) is 4.39. The number of para-hydroxylation sites is 1. The fourth-order valence-corrected chi connectivity index (χ4v) is 4.26. The third-order valence-electron chi connectivity index (χ3n) is 5.68. The van der Waals surface area contributed by atoms with Gasteiger partial charge in [0.25, 0.3) is 5.91 Å². The van der Waals surface area contributed by atoms with Crippen molar-refractivity contribution >= 4 is 16.8 Å². The van der Waals surface area contributed by atoms with Crippen LogP contribution in [0.25, 0.3) is 10.9 Å². The van der Waals surface area contributed by atoms with E-state index in [1.165, 1.54) is 5.56 Å². The number of nitrogens with zero attached hydrogens (tertiary/aromatic N) is 4. The third-order valence-corrected chi connectivity index (χ3v) is 5.68. The lowest BCUT2D eigenvalue weighted by Crippen LogP contribution is -2.40. The van der Waals surface area contributed by atoms with Gasteiger partial charge in [0.05, 0.1) is 18.2 Å². The number of amides is 1. The van der Waals surface area contributed by atoms with Crippen LogP contribution in [0.1, 0.15) is 40.5 Å². The lowest BCUT2D eigenvalue weighted by molar-refractivity contribution is 0.0681. The van der Waals surface area contributed by atoms with E-state index in [-0.39, 0.29) is 11.9 Å². The first-order valence-corrected chi connectivity index (χ1v) is 10.0. The first-order chi connectivity index (χ1) is 14.2. The Hall–Kier alpha value is -3.41. The largest absolute Gasteiger partial charge is 0.360 e. The van der Waals surface area contributed by atoms with Gasteiger partial charge in [-0.2, -0.15) is 0 Å². The number of carbonyl (C=O) groups excluding carboxylic acids is 1. The Morgan fingerprint density at radius 3 is 2.72 bits per heavy atom. The highest BCUT2D eigenvalue weighted by Crippen LogP contribution is 2.26. The van der Waals surface area contributed by atoms with E-state index in [1.54, 1.807) is 0 Å². The molecule has 6 heteroatoms. The maximum atomic E-state index is 13.2. The average molecular weight is 385 g/mol. The summed E-state index contributed by atoms with van der Waals surface area (Å²) >= 11 is 0. The molecule has 1 aliphatic heterocycles. The first-order valence-electron chi connectivity index (χ1n) is 10.0. The van der Waals surface area contributed by atoms with Crippen LogP contribution in [0, 0.1) is 0 Å². The van der Waals surface area contributed by atoms with Crippen molar-refractivity contribution in [3.63, 3.8) is 0 Å². The third kappa shape index (κ3) is 3.20. The molecule has 0 saturated carbocycles. The minimum absolute atomic E-state index is 0.0365. The van der Waals surface area contributed by atoms with E-state index < -0.39 is 0 Å². The molecule has 2 aromatic heterocycles. The average Bonchev–Trinajstić information content (AvgIpc) is 3.37. The highest BCUT2D eigenvalue weighted by Gasteiger charge is 2.30. The van der Waals surface area contributed by atoms with Crippen molar-refractivity contribution in [3.8, 4) is 0 Å². The molecule has 0 fully saturated rings. The van der Waals surface area contributed by atoms with Gasteiger partial charge in [-0.15, -0.1) is 10.2 Å². The summed E-state index contributed by atoms with van der Waals surface area (Å²) in [4.78, 5) is 18.3. The van der Waals surface area contributed by atoms with Crippen LogP contribution < -0.4 is 0 Å². The van der Waals surface area contributed by atoms with Crippen LogP contribution in [-0.2, 0) is 19.4 Å². The Labute approximate surface area is 169 Å². The Morgan fingerprint density at radius 1 is 1.07 bits per heavy atom. The summed E-state index contributed by atoms with van der Waals surface area (Å²) in [6.07, 6.45) is 3.59. The number of carbonyl (C=O) groups is 1. The summed E-state index contributed by atoms with van der Waals surface area (Å²) < 4.78 is 2.21. The molecule has 4 aromatic rings. The number of hydrogen-bond donors (Lipinski definition) is 1. The van der Waals surface area contributed by atoms with E-state index >= 15 is 0 Å². The van der Waals surface area contributed by atoms with Crippen LogP contribution in [0.4, 0.5) is 0 Å². The van der Waals surface area contributed by atoms with E-state index in [0.29, 0.717) is 18.7 Å². The zero-order valence-electron chi connectivity index (χ0n) is 16.4. The fourth-order valence-electron chi connectivity index (χ4n) is 4.26. The van der Waals surface area contributed by atoms with Gasteiger partial charge < -0.3 is 14.5 Å². The topological polar surface area (TPSA) is 66.8 Å². The fraction of sp³-hybridized carbons (Fsp3) is 0.261. The van der Waals surface area contributed by atoms with Crippen molar-refractivity contribution in [3.05, 3.63) is 83.6 Å². The van der Waals surface area contributed by atoms with Crippen molar-refractivity contribution in [1.29, 1.82) is 0 Å². The van der Waals surface area contributed by atoms with Gasteiger partial charge >= 0.3 is 0 Å². The molecule has 0 spiro atoms.